The maximum atomic E-state index is 12.5. The summed E-state index contributed by atoms with van der Waals surface area (Å²) in [7, 11) is 1.49. The molecule has 0 atom stereocenters. The highest BCUT2D eigenvalue weighted by Crippen LogP contribution is 2.29. The van der Waals surface area contributed by atoms with Crippen LogP contribution in [0.3, 0.4) is 0 Å². The van der Waals surface area contributed by atoms with Crippen molar-refractivity contribution in [3.05, 3.63) is 87.9 Å². The summed E-state index contributed by atoms with van der Waals surface area (Å²) in [5, 5.41) is 8.89. The number of aryl methyl sites for hydroxylation is 2. The van der Waals surface area contributed by atoms with Gasteiger partial charge in [-0.15, -0.1) is 0 Å². The second-order valence-corrected chi connectivity index (χ2v) is 7.87. The first-order chi connectivity index (χ1) is 15.3. The van der Waals surface area contributed by atoms with E-state index in [0.717, 1.165) is 11.1 Å². The second-order valence-electron chi connectivity index (χ2n) is 7.06. The number of nitrogens with one attached hydrogen (secondary N) is 3. The molecule has 8 heteroatoms. The minimum Gasteiger partial charge on any atom is -0.494 e. The summed E-state index contributed by atoms with van der Waals surface area (Å²) >= 11 is 11.4. The summed E-state index contributed by atoms with van der Waals surface area (Å²) in [6.45, 7) is 3.93. The monoisotopic (exact) mass is 467 g/mol. The number of ether oxygens (including phenoxy) is 1. The Kier molecular flexibility index (Phi) is 7.45. The molecule has 32 heavy (non-hydrogen) atoms. The van der Waals surface area contributed by atoms with Crippen molar-refractivity contribution in [3.63, 3.8) is 0 Å². The number of thiocarbonyl (C=S) groups is 1. The number of carbonyl (C=O) groups is 2. The lowest BCUT2D eigenvalue weighted by atomic mass is 10.1. The van der Waals surface area contributed by atoms with Gasteiger partial charge in [0.25, 0.3) is 11.8 Å². The van der Waals surface area contributed by atoms with Crippen LogP contribution in [0.1, 0.15) is 31.8 Å². The van der Waals surface area contributed by atoms with Crippen LogP contribution in [-0.2, 0) is 0 Å². The van der Waals surface area contributed by atoms with Crippen LogP contribution >= 0.6 is 23.8 Å². The van der Waals surface area contributed by atoms with Crippen LogP contribution in [0.5, 0.6) is 5.75 Å². The van der Waals surface area contributed by atoms with Gasteiger partial charge in [-0.05, 0) is 73.6 Å². The van der Waals surface area contributed by atoms with E-state index in [1.54, 1.807) is 48.5 Å². The van der Waals surface area contributed by atoms with E-state index in [0.29, 0.717) is 33.3 Å². The normalized spacial score (nSPS) is 10.2. The summed E-state index contributed by atoms with van der Waals surface area (Å²) in [6, 6.07) is 17.3. The van der Waals surface area contributed by atoms with Gasteiger partial charge in [-0.1, -0.05) is 29.8 Å². The highest BCUT2D eigenvalue weighted by atomic mass is 35.5. The number of halogens is 1. The first-order valence-corrected chi connectivity index (χ1v) is 10.5. The van der Waals surface area contributed by atoms with Crippen molar-refractivity contribution in [2.45, 2.75) is 13.8 Å². The Morgan fingerprint density at radius 1 is 0.906 bits per heavy atom. The molecule has 0 aliphatic carbocycles. The molecular weight excluding hydrogens is 446 g/mol. The average molecular weight is 468 g/mol. The van der Waals surface area contributed by atoms with Crippen LogP contribution in [-0.4, -0.2) is 24.0 Å². The van der Waals surface area contributed by atoms with Crippen LogP contribution in [0.25, 0.3) is 0 Å². The van der Waals surface area contributed by atoms with Crippen molar-refractivity contribution < 1.29 is 14.3 Å². The molecule has 0 aliphatic rings. The number of amides is 2. The maximum Gasteiger partial charge on any atom is 0.257 e. The molecule has 0 aromatic heterocycles. The van der Waals surface area contributed by atoms with Gasteiger partial charge < -0.3 is 15.4 Å². The Morgan fingerprint density at radius 2 is 1.66 bits per heavy atom. The van der Waals surface area contributed by atoms with Gasteiger partial charge in [-0.25, -0.2) is 0 Å². The molecule has 3 aromatic carbocycles. The molecule has 3 aromatic rings. The SMILES string of the molecule is COc1cc(NC(=S)NC(=O)c2ccc(C)c(C)c2)ccc1NC(=O)c1ccccc1Cl. The topological polar surface area (TPSA) is 79.5 Å². The Balaban J connectivity index is 1.68. The van der Waals surface area contributed by atoms with Gasteiger partial charge in [0.2, 0.25) is 0 Å². The van der Waals surface area contributed by atoms with Crippen molar-refractivity contribution >= 4 is 52.1 Å². The van der Waals surface area contributed by atoms with Gasteiger partial charge in [0.05, 0.1) is 23.4 Å². The fourth-order valence-electron chi connectivity index (χ4n) is 2.93. The number of carbonyl (C=O) groups excluding carboxylic acids is 2. The summed E-state index contributed by atoms with van der Waals surface area (Å²) in [4.78, 5) is 25.0. The molecule has 0 heterocycles. The second kappa shape index (κ2) is 10.3. The third-order valence-electron chi connectivity index (χ3n) is 4.82. The Bertz CT molecular complexity index is 1200. The highest BCUT2D eigenvalue weighted by molar-refractivity contribution is 7.80. The fourth-order valence-corrected chi connectivity index (χ4v) is 3.36. The van der Waals surface area contributed by atoms with Gasteiger partial charge >= 0.3 is 0 Å². The zero-order valence-corrected chi connectivity index (χ0v) is 19.4. The molecule has 3 rings (SSSR count). The van der Waals surface area contributed by atoms with Crippen molar-refractivity contribution in [2.24, 2.45) is 0 Å². The Hall–Kier alpha value is -3.42. The fraction of sp³-hybridized carbons (Fsp3) is 0.125. The lowest BCUT2D eigenvalue weighted by Crippen LogP contribution is -2.34. The van der Waals surface area contributed by atoms with Crippen LogP contribution in [0.2, 0.25) is 5.02 Å². The lowest BCUT2D eigenvalue weighted by molar-refractivity contribution is 0.0976. The zero-order valence-electron chi connectivity index (χ0n) is 17.8. The van der Waals surface area contributed by atoms with Gasteiger partial charge in [-0.2, -0.15) is 0 Å². The van der Waals surface area contributed by atoms with Crippen LogP contribution in [0.4, 0.5) is 11.4 Å². The molecular formula is C24H22ClN3O3S. The zero-order chi connectivity index (χ0) is 23.3. The van der Waals surface area contributed by atoms with E-state index in [9.17, 15) is 9.59 Å². The average Bonchev–Trinajstić information content (AvgIpc) is 2.76. The predicted molar refractivity (Wildman–Crippen MR) is 132 cm³/mol. The van der Waals surface area contributed by atoms with Gasteiger partial charge in [0.15, 0.2) is 5.11 Å². The molecule has 0 spiro atoms. The number of methoxy groups -OCH3 is 1. The van der Waals surface area contributed by atoms with Crippen LogP contribution in [0, 0.1) is 13.8 Å². The predicted octanol–water partition coefficient (Wildman–Crippen LogP) is 5.34. The molecule has 0 saturated heterocycles. The molecule has 0 bridgehead atoms. The van der Waals surface area contributed by atoms with Crippen LogP contribution in [0.15, 0.2) is 60.7 Å². The van der Waals surface area contributed by atoms with Gasteiger partial charge in [0, 0.05) is 17.3 Å². The largest absolute Gasteiger partial charge is 0.494 e. The molecule has 164 valence electrons. The standard InChI is InChI=1S/C24H22ClN3O3S/c1-14-8-9-16(12-15(14)2)22(29)28-24(32)26-17-10-11-20(21(13-17)31-3)27-23(30)18-6-4-5-7-19(18)25/h4-13H,1-3H3,(H,27,30)(H2,26,28,29,32). The van der Waals surface area contributed by atoms with E-state index >= 15 is 0 Å². The summed E-state index contributed by atoms with van der Waals surface area (Å²) in [5.41, 5.74) is 4.06. The maximum absolute atomic E-state index is 12.5. The summed E-state index contributed by atoms with van der Waals surface area (Å²) < 4.78 is 5.39. The molecule has 2 amide bonds. The molecule has 6 nitrogen and oxygen atoms in total. The van der Waals surface area contributed by atoms with Gasteiger partial charge in [-0.3, -0.25) is 14.9 Å². The van der Waals surface area contributed by atoms with E-state index in [2.05, 4.69) is 16.0 Å². The molecule has 0 unspecified atom stereocenters. The van der Waals surface area contributed by atoms with E-state index in [1.807, 2.05) is 26.0 Å². The number of hydrogen-bond acceptors (Lipinski definition) is 4. The number of benzene rings is 3. The highest BCUT2D eigenvalue weighted by Gasteiger charge is 2.14. The first kappa shape index (κ1) is 23.2. The summed E-state index contributed by atoms with van der Waals surface area (Å²) in [5.74, 6) is -0.245. The van der Waals surface area contributed by atoms with E-state index < -0.39 is 0 Å². The van der Waals surface area contributed by atoms with Crippen molar-refractivity contribution in [1.29, 1.82) is 0 Å². The molecule has 0 fully saturated rings. The third kappa shape index (κ3) is 5.63. The molecule has 0 saturated carbocycles. The first-order valence-electron chi connectivity index (χ1n) is 9.72. The summed E-state index contributed by atoms with van der Waals surface area (Å²) in [6.07, 6.45) is 0. The van der Waals surface area contributed by atoms with Crippen molar-refractivity contribution in [2.75, 3.05) is 17.7 Å². The number of anilines is 2. The van der Waals surface area contributed by atoms with E-state index in [4.69, 9.17) is 28.6 Å². The Morgan fingerprint density at radius 3 is 2.34 bits per heavy atom. The van der Waals surface area contributed by atoms with E-state index in [-0.39, 0.29) is 16.9 Å². The van der Waals surface area contributed by atoms with Crippen LogP contribution < -0.4 is 20.7 Å². The van der Waals surface area contributed by atoms with E-state index in [1.165, 1.54) is 7.11 Å². The minimum absolute atomic E-state index is 0.142. The molecule has 0 radical (unpaired) electrons. The van der Waals surface area contributed by atoms with Crippen molar-refractivity contribution in [1.82, 2.24) is 5.32 Å². The number of rotatable bonds is 5. The molecule has 0 aliphatic heterocycles. The van der Waals surface area contributed by atoms with Gasteiger partial charge in [0.1, 0.15) is 5.75 Å². The van der Waals surface area contributed by atoms with Crippen molar-refractivity contribution in [3.8, 4) is 5.75 Å². The smallest absolute Gasteiger partial charge is 0.257 e. The third-order valence-corrected chi connectivity index (χ3v) is 5.36. The number of hydrogen-bond donors (Lipinski definition) is 3. The minimum atomic E-state index is -0.356. The Labute approximate surface area is 196 Å². The lowest BCUT2D eigenvalue weighted by Gasteiger charge is -2.14. The quantitative estimate of drug-likeness (QED) is 0.441. The molecule has 3 N–H and O–H groups in total.